The minimum absolute atomic E-state index is 0.283. The molecule has 0 bridgehead atoms. The van der Waals surface area contributed by atoms with Crippen LogP contribution in [0.2, 0.25) is 0 Å². The lowest BCUT2D eigenvalue weighted by Gasteiger charge is -2.28. The summed E-state index contributed by atoms with van der Waals surface area (Å²) in [6, 6.07) is -1.07. The van der Waals surface area contributed by atoms with Crippen molar-refractivity contribution in [2.24, 2.45) is 5.92 Å². The molecule has 0 heterocycles. The van der Waals surface area contributed by atoms with Gasteiger partial charge >= 0.3 is 12.0 Å². The fraction of sp³-hybridized carbons (Fsp3) is 0.846. The molecule has 5 heteroatoms. The molecule has 18 heavy (non-hydrogen) atoms. The van der Waals surface area contributed by atoms with Gasteiger partial charge in [0.05, 0.1) is 0 Å². The first-order valence-electron chi connectivity index (χ1n) is 6.79. The second kappa shape index (κ2) is 7.24. The number of rotatable bonds is 5. The lowest BCUT2D eigenvalue weighted by atomic mass is 9.89. The van der Waals surface area contributed by atoms with Crippen LogP contribution in [0.25, 0.3) is 0 Å². The molecule has 0 aromatic heterocycles. The van der Waals surface area contributed by atoms with E-state index in [0.29, 0.717) is 12.3 Å². The van der Waals surface area contributed by atoms with Gasteiger partial charge in [0.25, 0.3) is 0 Å². The Morgan fingerprint density at radius 1 is 1.33 bits per heavy atom. The van der Waals surface area contributed by atoms with E-state index in [1.54, 1.807) is 18.9 Å². The van der Waals surface area contributed by atoms with Crippen molar-refractivity contribution in [1.82, 2.24) is 10.2 Å². The van der Waals surface area contributed by atoms with Gasteiger partial charge in [-0.1, -0.05) is 26.2 Å². The summed E-state index contributed by atoms with van der Waals surface area (Å²) in [4.78, 5) is 24.3. The Labute approximate surface area is 109 Å². The normalized spacial score (nSPS) is 18.1. The zero-order valence-corrected chi connectivity index (χ0v) is 11.3. The topological polar surface area (TPSA) is 69.6 Å². The summed E-state index contributed by atoms with van der Waals surface area (Å²) < 4.78 is 0. The van der Waals surface area contributed by atoms with E-state index in [1.807, 2.05) is 0 Å². The monoisotopic (exact) mass is 256 g/mol. The molecule has 0 aromatic rings. The largest absolute Gasteiger partial charge is 0.480 e. The lowest BCUT2D eigenvalue weighted by Crippen LogP contribution is -2.47. The number of carbonyl (C=O) groups is 2. The number of urea groups is 1. The maximum atomic E-state index is 11.8. The highest BCUT2D eigenvalue weighted by Gasteiger charge is 2.22. The van der Waals surface area contributed by atoms with Crippen LogP contribution in [0, 0.1) is 5.92 Å². The van der Waals surface area contributed by atoms with Crippen LogP contribution in [0.4, 0.5) is 4.79 Å². The molecule has 2 amide bonds. The SMILES string of the molecule is CC[C@H](NC(=O)N(C)CC1CCCCC1)C(=O)O. The van der Waals surface area contributed by atoms with Crippen LogP contribution in [0.3, 0.4) is 0 Å². The Hall–Kier alpha value is -1.26. The van der Waals surface area contributed by atoms with E-state index in [2.05, 4.69) is 5.32 Å². The van der Waals surface area contributed by atoms with Crippen molar-refractivity contribution in [3.05, 3.63) is 0 Å². The summed E-state index contributed by atoms with van der Waals surface area (Å²) >= 11 is 0. The van der Waals surface area contributed by atoms with Crippen LogP contribution < -0.4 is 5.32 Å². The fourth-order valence-electron chi connectivity index (χ4n) is 2.44. The zero-order valence-electron chi connectivity index (χ0n) is 11.3. The molecule has 104 valence electrons. The number of hydrogen-bond donors (Lipinski definition) is 2. The van der Waals surface area contributed by atoms with Crippen LogP contribution in [0.15, 0.2) is 0 Å². The maximum absolute atomic E-state index is 11.8. The van der Waals surface area contributed by atoms with Crippen LogP contribution in [-0.2, 0) is 4.79 Å². The number of amides is 2. The van der Waals surface area contributed by atoms with Crippen molar-refractivity contribution in [3.8, 4) is 0 Å². The van der Waals surface area contributed by atoms with Crippen LogP contribution in [0.1, 0.15) is 45.4 Å². The molecule has 0 radical (unpaired) electrons. The van der Waals surface area contributed by atoms with Crippen molar-refractivity contribution in [3.63, 3.8) is 0 Å². The molecule has 1 fully saturated rings. The highest BCUT2D eigenvalue weighted by Crippen LogP contribution is 2.24. The Morgan fingerprint density at radius 2 is 1.94 bits per heavy atom. The summed E-state index contributed by atoms with van der Waals surface area (Å²) in [7, 11) is 1.73. The third-order valence-electron chi connectivity index (χ3n) is 3.61. The van der Waals surface area contributed by atoms with Gasteiger partial charge in [0, 0.05) is 13.6 Å². The van der Waals surface area contributed by atoms with Crippen molar-refractivity contribution >= 4 is 12.0 Å². The third-order valence-corrected chi connectivity index (χ3v) is 3.61. The molecule has 5 nitrogen and oxygen atoms in total. The molecule has 0 saturated heterocycles. The molecule has 0 aliphatic heterocycles. The van der Waals surface area contributed by atoms with Gasteiger partial charge in [-0.25, -0.2) is 9.59 Å². The van der Waals surface area contributed by atoms with Gasteiger partial charge in [0.1, 0.15) is 6.04 Å². The number of nitrogens with zero attached hydrogens (tertiary/aromatic N) is 1. The number of carboxylic acids is 1. The quantitative estimate of drug-likeness (QED) is 0.791. The first-order chi connectivity index (χ1) is 8.54. The van der Waals surface area contributed by atoms with Crippen molar-refractivity contribution < 1.29 is 14.7 Å². The van der Waals surface area contributed by atoms with Crippen molar-refractivity contribution in [2.75, 3.05) is 13.6 Å². The van der Waals surface area contributed by atoms with E-state index in [-0.39, 0.29) is 6.03 Å². The van der Waals surface area contributed by atoms with Gasteiger partial charge < -0.3 is 15.3 Å². The Balaban J connectivity index is 2.37. The van der Waals surface area contributed by atoms with Gasteiger partial charge in [0.15, 0.2) is 0 Å². The highest BCUT2D eigenvalue weighted by atomic mass is 16.4. The second-order valence-corrected chi connectivity index (χ2v) is 5.13. The van der Waals surface area contributed by atoms with Crippen LogP contribution >= 0.6 is 0 Å². The first-order valence-corrected chi connectivity index (χ1v) is 6.79. The molecule has 2 N–H and O–H groups in total. The molecule has 1 saturated carbocycles. The zero-order chi connectivity index (χ0) is 13.5. The predicted molar refractivity (Wildman–Crippen MR) is 69.5 cm³/mol. The summed E-state index contributed by atoms with van der Waals surface area (Å²) in [5.74, 6) is -0.406. The molecule has 0 aromatic carbocycles. The fourth-order valence-corrected chi connectivity index (χ4v) is 2.44. The number of nitrogens with one attached hydrogen (secondary N) is 1. The summed E-state index contributed by atoms with van der Waals surface area (Å²) in [6.07, 6.45) is 6.53. The molecular weight excluding hydrogens is 232 g/mol. The van der Waals surface area contributed by atoms with Gasteiger partial charge in [-0.3, -0.25) is 0 Å². The Kier molecular flexibility index (Phi) is 5.95. The molecule has 1 rings (SSSR count). The number of carboxylic acid groups (broad SMARTS) is 1. The first kappa shape index (κ1) is 14.8. The smallest absolute Gasteiger partial charge is 0.326 e. The highest BCUT2D eigenvalue weighted by molar-refractivity contribution is 5.82. The Bertz CT molecular complexity index is 288. The molecule has 1 atom stereocenters. The van der Waals surface area contributed by atoms with Gasteiger partial charge in [-0.05, 0) is 25.2 Å². The molecular formula is C13H24N2O3. The summed E-state index contributed by atoms with van der Waals surface area (Å²) in [6.45, 7) is 2.47. The summed E-state index contributed by atoms with van der Waals surface area (Å²) in [5.41, 5.74) is 0. The number of carbonyl (C=O) groups excluding carboxylic acids is 1. The van der Waals surface area contributed by atoms with E-state index in [9.17, 15) is 9.59 Å². The Morgan fingerprint density at radius 3 is 2.44 bits per heavy atom. The minimum Gasteiger partial charge on any atom is -0.480 e. The minimum atomic E-state index is -0.975. The van der Waals surface area contributed by atoms with Crippen LogP contribution in [-0.4, -0.2) is 41.6 Å². The molecule has 1 aliphatic rings. The molecule has 1 aliphatic carbocycles. The van der Waals surface area contributed by atoms with E-state index in [4.69, 9.17) is 5.11 Å². The second-order valence-electron chi connectivity index (χ2n) is 5.13. The average Bonchev–Trinajstić information content (AvgIpc) is 2.36. The van der Waals surface area contributed by atoms with Crippen molar-refractivity contribution in [2.45, 2.75) is 51.5 Å². The van der Waals surface area contributed by atoms with Gasteiger partial charge in [-0.15, -0.1) is 0 Å². The van der Waals surface area contributed by atoms with Gasteiger partial charge in [-0.2, -0.15) is 0 Å². The standard InChI is InChI=1S/C13H24N2O3/c1-3-11(12(16)17)14-13(18)15(2)9-10-7-5-4-6-8-10/h10-11H,3-9H2,1-2H3,(H,14,18)(H,16,17)/t11-/m0/s1. The van der Waals surface area contributed by atoms with Gasteiger partial charge in [0.2, 0.25) is 0 Å². The van der Waals surface area contributed by atoms with E-state index in [0.717, 1.165) is 6.54 Å². The number of hydrogen-bond acceptors (Lipinski definition) is 2. The molecule has 0 spiro atoms. The summed E-state index contributed by atoms with van der Waals surface area (Å²) in [5, 5.41) is 11.4. The van der Waals surface area contributed by atoms with Crippen LogP contribution in [0.5, 0.6) is 0 Å². The maximum Gasteiger partial charge on any atom is 0.326 e. The van der Waals surface area contributed by atoms with E-state index in [1.165, 1.54) is 32.1 Å². The third kappa shape index (κ3) is 4.55. The predicted octanol–water partition coefficient (Wildman–Crippen LogP) is 2.07. The lowest BCUT2D eigenvalue weighted by molar-refractivity contribution is -0.139. The average molecular weight is 256 g/mol. The molecule has 0 unspecified atom stereocenters. The van der Waals surface area contributed by atoms with Crippen molar-refractivity contribution in [1.29, 1.82) is 0 Å². The van der Waals surface area contributed by atoms with E-state index >= 15 is 0 Å². The van der Waals surface area contributed by atoms with E-state index < -0.39 is 12.0 Å². The number of aliphatic carboxylic acids is 1.